The van der Waals surface area contributed by atoms with Crippen molar-refractivity contribution >= 4 is 23.7 Å². The molecule has 3 rings (SSSR count). The topological polar surface area (TPSA) is 184 Å². The molecule has 2 aromatic carbocycles. The highest BCUT2D eigenvalue weighted by Gasteiger charge is 2.48. The van der Waals surface area contributed by atoms with E-state index in [1.807, 2.05) is 44.2 Å². The lowest BCUT2D eigenvalue weighted by Crippen LogP contribution is -2.61. The molecular formula is C29H38N2O11. The summed E-state index contributed by atoms with van der Waals surface area (Å²) in [6.07, 6.45) is -9.02. The molecule has 0 spiro atoms. The third kappa shape index (κ3) is 8.87. The maximum Gasteiger partial charge on any atom is 0.411 e. The van der Waals surface area contributed by atoms with Gasteiger partial charge in [0.05, 0.1) is 11.3 Å². The largest absolute Gasteiger partial charge is 0.479 e. The molecule has 1 saturated heterocycles. The molecule has 2 aromatic rings. The molecule has 1 aliphatic heterocycles. The molecule has 13 heteroatoms. The summed E-state index contributed by atoms with van der Waals surface area (Å²) in [6, 6.07) is 14.2. The number of carbonyl (C=O) groups excluding carboxylic acids is 2. The zero-order valence-electron chi connectivity index (χ0n) is 23.9. The minimum atomic E-state index is -1.88. The number of aliphatic hydroxyl groups is 3. The van der Waals surface area contributed by atoms with Crippen molar-refractivity contribution < 1.29 is 53.8 Å². The number of amides is 2. The van der Waals surface area contributed by atoms with Crippen LogP contribution in [0.25, 0.3) is 0 Å². The zero-order valence-corrected chi connectivity index (χ0v) is 23.9. The first-order chi connectivity index (χ1) is 19.8. The lowest BCUT2D eigenvalue weighted by molar-refractivity contribution is -0.271. The Bertz CT molecular complexity index is 1220. The number of ether oxygens (including phenoxy) is 4. The van der Waals surface area contributed by atoms with E-state index in [-0.39, 0.29) is 24.8 Å². The molecule has 1 fully saturated rings. The van der Waals surface area contributed by atoms with E-state index in [0.717, 1.165) is 5.56 Å². The van der Waals surface area contributed by atoms with Gasteiger partial charge in [0.2, 0.25) is 12.2 Å². The van der Waals surface area contributed by atoms with Crippen LogP contribution in [0.5, 0.6) is 5.75 Å². The Labute approximate surface area is 243 Å². The molecule has 42 heavy (non-hydrogen) atoms. The minimum Gasteiger partial charge on any atom is -0.479 e. The molecule has 0 saturated carbocycles. The van der Waals surface area contributed by atoms with Gasteiger partial charge in [-0.2, -0.15) is 0 Å². The van der Waals surface area contributed by atoms with Crippen LogP contribution in [0.2, 0.25) is 0 Å². The average molecular weight is 591 g/mol. The quantitative estimate of drug-likeness (QED) is 0.227. The first-order valence-corrected chi connectivity index (χ1v) is 13.4. The van der Waals surface area contributed by atoms with Crippen LogP contribution in [0.15, 0.2) is 48.5 Å². The Morgan fingerprint density at radius 1 is 1.00 bits per heavy atom. The van der Waals surface area contributed by atoms with Gasteiger partial charge in [-0.1, -0.05) is 36.4 Å². The van der Waals surface area contributed by atoms with Gasteiger partial charge in [0.1, 0.15) is 37.4 Å². The van der Waals surface area contributed by atoms with Crippen LogP contribution in [0.1, 0.15) is 38.8 Å². The molecule has 13 nitrogen and oxygen atoms in total. The highest BCUT2D eigenvalue weighted by Crippen LogP contribution is 2.31. The van der Waals surface area contributed by atoms with E-state index in [1.54, 1.807) is 6.92 Å². The number of aliphatic hydroxyl groups excluding tert-OH is 3. The number of rotatable bonds is 12. The van der Waals surface area contributed by atoms with Crippen molar-refractivity contribution in [1.29, 1.82) is 0 Å². The highest BCUT2D eigenvalue weighted by atomic mass is 16.7. The second-order valence-electron chi connectivity index (χ2n) is 10.5. The molecule has 5 atom stereocenters. The Morgan fingerprint density at radius 2 is 1.69 bits per heavy atom. The molecule has 2 amide bonds. The number of hydrogen-bond donors (Lipinski definition) is 5. The second kappa shape index (κ2) is 14.4. The van der Waals surface area contributed by atoms with Crippen LogP contribution in [0, 0.1) is 0 Å². The SMILES string of the molecule is CCN(COC(C)(C)Cc1ccccc1)C(=O)OCc1ccc(OC2OC(C(=O)O)C(O)[C@H](O)[C@@H]2O)c(NC(C)=O)c1. The van der Waals surface area contributed by atoms with E-state index in [2.05, 4.69) is 5.32 Å². The maximum atomic E-state index is 12.8. The molecule has 230 valence electrons. The van der Waals surface area contributed by atoms with E-state index >= 15 is 0 Å². The van der Waals surface area contributed by atoms with Crippen molar-refractivity contribution in [3.8, 4) is 5.75 Å². The number of nitrogens with one attached hydrogen (secondary N) is 1. The second-order valence-corrected chi connectivity index (χ2v) is 10.5. The Hall–Kier alpha value is -3.75. The summed E-state index contributed by atoms with van der Waals surface area (Å²) in [4.78, 5) is 37.4. The number of nitrogens with zero attached hydrogens (tertiary/aromatic N) is 1. The van der Waals surface area contributed by atoms with Gasteiger partial charge < -0.3 is 44.7 Å². The molecule has 1 aliphatic rings. The summed E-state index contributed by atoms with van der Waals surface area (Å²) in [6.45, 7) is 7.11. The number of carboxylic acid groups (broad SMARTS) is 1. The third-order valence-electron chi connectivity index (χ3n) is 6.50. The predicted octanol–water partition coefficient (Wildman–Crippen LogP) is 1.87. The van der Waals surface area contributed by atoms with E-state index < -0.39 is 54.3 Å². The highest BCUT2D eigenvalue weighted by molar-refractivity contribution is 5.90. The summed E-state index contributed by atoms with van der Waals surface area (Å²) < 4.78 is 22.2. The Kier molecular flexibility index (Phi) is 11.3. The number of carboxylic acids is 1. The van der Waals surface area contributed by atoms with Crippen molar-refractivity contribution in [2.45, 2.75) is 77.0 Å². The molecule has 0 aliphatic carbocycles. The van der Waals surface area contributed by atoms with Crippen LogP contribution in [0.4, 0.5) is 10.5 Å². The summed E-state index contributed by atoms with van der Waals surface area (Å²) in [5, 5.41) is 42.0. The number of benzene rings is 2. The van der Waals surface area contributed by atoms with Crippen LogP contribution in [-0.4, -0.2) is 92.9 Å². The lowest BCUT2D eigenvalue weighted by atomic mass is 9.98. The normalized spacial score (nSPS) is 22.2. The van der Waals surface area contributed by atoms with Gasteiger partial charge in [-0.15, -0.1) is 0 Å². The van der Waals surface area contributed by atoms with Crippen molar-refractivity contribution in [2.75, 3.05) is 18.6 Å². The van der Waals surface area contributed by atoms with Gasteiger partial charge >= 0.3 is 12.1 Å². The van der Waals surface area contributed by atoms with E-state index in [0.29, 0.717) is 18.5 Å². The standard InChI is InChI=1S/C29H38N2O11/c1-5-31(16-40-29(3,4)14-18-9-7-6-8-10-18)28(38)39-15-19-11-12-21(20(13-19)30-17(2)32)41-27-24(35)22(33)23(34)25(42-27)26(36)37/h6-13,22-25,27,33-35H,5,14-16H2,1-4H3,(H,30,32)(H,36,37)/t22-,23?,24-,25?,27?/m0/s1. The van der Waals surface area contributed by atoms with Crippen molar-refractivity contribution in [3.05, 3.63) is 59.7 Å². The van der Waals surface area contributed by atoms with Crippen LogP contribution in [0.3, 0.4) is 0 Å². The van der Waals surface area contributed by atoms with Crippen LogP contribution < -0.4 is 10.1 Å². The van der Waals surface area contributed by atoms with E-state index in [1.165, 1.54) is 30.0 Å². The monoisotopic (exact) mass is 590 g/mol. The number of hydrogen-bond acceptors (Lipinski definition) is 10. The van der Waals surface area contributed by atoms with Crippen molar-refractivity contribution in [3.63, 3.8) is 0 Å². The molecule has 0 bridgehead atoms. The predicted molar refractivity (Wildman–Crippen MR) is 148 cm³/mol. The average Bonchev–Trinajstić information content (AvgIpc) is 2.93. The van der Waals surface area contributed by atoms with Crippen LogP contribution >= 0.6 is 0 Å². The fourth-order valence-corrected chi connectivity index (χ4v) is 4.23. The third-order valence-corrected chi connectivity index (χ3v) is 6.50. The first kappa shape index (κ1) is 32.8. The molecule has 0 radical (unpaired) electrons. The van der Waals surface area contributed by atoms with Gasteiger partial charge in [-0.3, -0.25) is 9.69 Å². The van der Waals surface area contributed by atoms with Gasteiger partial charge in [-0.25, -0.2) is 9.59 Å². The molecule has 1 heterocycles. The lowest BCUT2D eigenvalue weighted by Gasteiger charge is -2.38. The van der Waals surface area contributed by atoms with Crippen molar-refractivity contribution in [1.82, 2.24) is 4.90 Å². The number of aliphatic carboxylic acids is 1. The van der Waals surface area contributed by atoms with E-state index in [4.69, 9.17) is 18.9 Å². The zero-order chi connectivity index (χ0) is 31.0. The molecule has 0 aromatic heterocycles. The summed E-state index contributed by atoms with van der Waals surface area (Å²) in [7, 11) is 0. The summed E-state index contributed by atoms with van der Waals surface area (Å²) >= 11 is 0. The fourth-order valence-electron chi connectivity index (χ4n) is 4.23. The Morgan fingerprint density at radius 3 is 2.31 bits per heavy atom. The number of carbonyl (C=O) groups is 3. The van der Waals surface area contributed by atoms with Gasteiger partial charge in [0.25, 0.3) is 0 Å². The van der Waals surface area contributed by atoms with Gasteiger partial charge in [-0.05, 0) is 44.0 Å². The van der Waals surface area contributed by atoms with E-state index in [9.17, 15) is 34.8 Å². The molecular weight excluding hydrogens is 552 g/mol. The smallest absolute Gasteiger partial charge is 0.411 e. The summed E-state index contributed by atoms with van der Waals surface area (Å²) in [5.74, 6) is -2.06. The van der Waals surface area contributed by atoms with Crippen molar-refractivity contribution in [2.24, 2.45) is 0 Å². The molecule has 3 unspecified atom stereocenters. The van der Waals surface area contributed by atoms with Gasteiger partial charge in [0.15, 0.2) is 6.10 Å². The minimum absolute atomic E-state index is 0.0146. The Balaban J connectivity index is 1.64. The maximum absolute atomic E-state index is 12.8. The number of anilines is 1. The molecule has 5 N–H and O–H groups in total. The fraction of sp³-hybridized carbons (Fsp3) is 0.483. The van der Waals surface area contributed by atoms with Crippen LogP contribution in [-0.2, 0) is 36.8 Å². The summed E-state index contributed by atoms with van der Waals surface area (Å²) in [5.41, 5.74) is 1.16. The van der Waals surface area contributed by atoms with Gasteiger partial charge in [0, 0.05) is 19.9 Å². The first-order valence-electron chi connectivity index (χ1n) is 13.4.